The van der Waals surface area contributed by atoms with E-state index in [1.54, 1.807) is 0 Å². The maximum atomic E-state index is 5.16. The Morgan fingerprint density at radius 2 is 0.789 bits per heavy atom. The summed E-state index contributed by atoms with van der Waals surface area (Å²) in [6.07, 6.45) is 0. The molecule has 178 valence electrons. The molecule has 4 nitrogen and oxygen atoms in total. The molecule has 38 heavy (non-hydrogen) atoms. The Labute approximate surface area is 220 Å². The first kappa shape index (κ1) is 22.0. The van der Waals surface area contributed by atoms with Crippen molar-refractivity contribution in [1.82, 2.24) is 19.9 Å². The van der Waals surface area contributed by atoms with E-state index in [1.807, 2.05) is 97.1 Å². The second-order valence-corrected chi connectivity index (χ2v) is 9.11. The van der Waals surface area contributed by atoms with Crippen LogP contribution in [0.1, 0.15) is 0 Å². The molecule has 4 heteroatoms. The van der Waals surface area contributed by atoms with Crippen LogP contribution in [0, 0.1) is 0 Å². The molecule has 7 rings (SSSR count). The third kappa shape index (κ3) is 3.89. The number of hydrogen-bond acceptors (Lipinski definition) is 4. The van der Waals surface area contributed by atoms with Crippen molar-refractivity contribution in [2.45, 2.75) is 0 Å². The highest BCUT2D eigenvalue weighted by atomic mass is 14.9. The predicted molar refractivity (Wildman–Crippen MR) is 154 cm³/mol. The molecular formula is C34H22N4. The van der Waals surface area contributed by atoms with Gasteiger partial charge in [-0.1, -0.05) is 121 Å². The molecule has 0 N–H and O–H groups in total. The fourth-order valence-electron chi connectivity index (χ4n) is 4.87. The molecule has 0 radical (unpaired) electrons. The summed E-state index contributed by atoms with van der Waals surface area (Å²) in [6, 6.07) is 44.9. The zero-order valence-corrected chi connectivity index (χ0v) is 20.5. The summed E-state index contributed by atoms with van der Waals surface area (Å²) in [4.78, 5) is 20.4. The number of rotatable bonds is 4. The van der Waals surface area contributed by atoms with E-state index in [-0.39, 0.29) is 0 Å². The van der Waals surface area contributed by atoms with Crippen LogP contribution in [0.15, 0.2) is 133 Å². The van der Waals surface area contributed by atoms with Gasteiger partial charge in [0.25, 0.3) is 0 Å². The number of benzene rings is 5. The van der Waals surface area contributed by atoms with E-state index in [0.717, 1.165) is 55.4 Å². The van der Waals surface area contributed by atoms with Crippen molar-refractivity contribution in [3.63, 3.8) is 0 Å². The molecule has 0 saturated heterocycles. The van der Waals surface area contributed by atoms with Gasteiger partial charge >= 0.3 is 0 Å². The van der Waals surface area contributed by atoms with Crippen molar-refractivity contribution in [1.29, 1.82) is 0 Å². The normalized spacial score (nSPS) is 11.2. The van der Waals surface area contributed by atoms with Gasteiger partial charge in [-0.25, -0.2) is 19.9 Å². The van der Waals surface area contributed by atoms with E-state index in [0.29, 0.717) is 11.6 Å². The van der Waals surface area contributed by atoms with E-state index >= 15 is 0 Å². The summed E-state index contributed by atoms with van der Waals surface area (Å²) in [6.45, 7) is 0. The smallest absolute Gasteiger partial charge is 0.160 e. The third-order valence-electron chi connectivity index (χ3n) is 6.69. The largest absolute Gasteiger partial charge is 0.228 e. The molecule has 0 spiro atoms. The molecule has 0 saturated carbocycles. The van der Waals surface area contributed by atoms with Crippen molar-refractivity contribution in [2.24, 2.45) is 0 Å². The van der Waals surface area contributed by atoms with E-state index in [2.05, 4.69) is 36.4 Å². The molecule has 0 unspecified atom stereocenters. The summed E-state index contributed by atoms with van der Waals surface area (Å²) in [5, 5.41) is 1.89. The second kappa shape index (κ2) is 9.34. The minimum absolute atomic E-state index is 0.676. The Balaban J connectivity index is 1.62. The Kier molecular flexibility index (Phi) is 5.41. The van der Waals surface area contributed by atoms with Crippen LogP contribution in [-0.2, 0) is 0 Å². The lowest BCUT2D eigenvalue weighted by Crippen LogP contribution is -2.00. The molecule has 0 aliphatic carbocycles. The Bertz CT molecular complexity index is 1890. The molecular weight excluding hydrogens is 464 g/mol. The van der Waals surface area contributed by atoms with E-state index < -0.39 is 0 Å². The van der Waals surface area contributed by atoms with Gasteiger partial charge in [0.15, 0.2) is 11.6 Å². The molecule has 0 bridgehead atoms. The van der Waals surface area contributed by atoms with Gasteiger partial charge in [-0.2, -0.15) is 0 Å². The van der Waals surface area contributed by atoms with Crippen LogP contribution in [0.4, 0.5) is 0 Å². The van der Waals surface area contributed by atoms with Crippen LogP contribution in [0.2, 0.25) is 0 Å². The molecule has 2 heterocycles. The van der Waals surface area contributed by atoms with Gasteiger partial charge in [0.2, 0.25) is 0 Å². The maximum Gasteiger partial charge on any atom is 0.160 e. The summed E-state index contributed by atoms with van der Waals surface area (Å²) in [7, 11) is 0. The number of fused-ring (bicyclic) bond motifs is 3. The highest BCUT2D eigenvalue weighted by Crippen LogP contribution is 2.37. The third-order valence-corrected chi connectivity index (χ3v) is 6.69. The van der Waals surface area contributed by atoms with Crippen molar-refractivity contribution < 1.29 is 0 Å². The Morgan fingerprint density at radius 1 is 0.342 bits per heavy atom. The molecule has 0 aliphatic rings. The summed E-state index contributed by atoms with van der Waals surface area (Å²) in [5.74, 6) is 1.37. The highest BCUT2D eigenvalue weighted by molar-refractivity contribution is 6.13. The average molecular weight is 487 g/mol. The van der Waals surface area contributed by atoms with E-state index in [4.69, 9.17) is 19.9 Å². The van der Waals surface area contributed by atoms with Crippen LogP contribution in [0.5, 0.6) is 0 Å². The van der Waals surface area contributed by atoms with Crippen molar-refractivity contribution in [3.05, 3.63) is 133 Å². The highest BCUT2D eigenvalue weighted by Gasteiger charge is 2.19. The summed E-state index contributed by atoms with van der Waals surface area (Å²) >= 11 is 0. The zero-order chi connectivity index (χ0) is 25.3. The lowest BCUT2D eigenvalue weighted by Gasteiger charge is -2.14. The van der Waals surface area contributed by atoms with Crippen LogP contribution >= 0.6 is 0 Å². The maximum absolute atomic E-state index is 5.16. The summed E-state index contributed by atoms with van der Waals surface area (Å²) in [5.41, 5.74) is 7.44. The van der Waals surface area contributed by atoms with Crippen LogP contribution in [-0.4, -0.2) is 19.9 Å². The van der Waals surface area contributed by atoms with Crippen molar-refractivity contribution >= 4 is 21.8 Å². The van der Waals surface area contributed by atoms with Crippen molar-refractivity contribution in [2.75, 3.05) is 0 Å². The lowest BCUT2D eigenvalue weighted by atomic mass is 9.99. The lowest BCUT2D eigenvalue weighted by molar-refractivity contribution is 1.21. The molecule has 0 amide bonds. The predicted octanol–water partition coefficient (Wildman–Crippen LogP) is 8.24. The van der Waals surface area contributed by atoms with Gasteiger partial charge < -0.3 is 0 Å². The fourth-order valence-corrected chi connectivity index (χ4v) is 4.87. The Morgan fingerprint density at radius 3 is 1.34 bits per heavy atom. The average Bonchev–Trinajstić information content (AvgIpc) is 3.01. The first-order chi connectivity index (χ1) is 18.8. The number of nitrogens with zero attached hydrogens (tertiary/aromatic N) is 4. The van der Waals surface area contributed by atoms with Gasteiger partial charge in [0.1, 0.15) is 0 Å². The Hall–Kier alpha value is -5.22. The summed E-state index contributed by atoms with van der Waals surface area (Å²) < 4.78 is 0. The first-order valence-corrected chi connectivity index (χ1v) is 12.6. The van der Waals surface area contributed by atoms with Gasteiger partial charge in [-0.15, -0.1) is 0 Å². The molecule has 0 atom stereocenters. The van der Waals surface area contributed by atoms with E-state index in [9.17, 15) is 0 Å². The van der Waals surface area contributed by atoms with Crippen molar-refractivity contribution in [3.8, 4) is 45.3 Å². The van der Waals surface area contributed by atoms with Gasteiger partial charge in [-0.05, 0) is 12.1 Å². The molecule has 2 aromatic heterocycles. The van der Waals surface area contributed by atoms with Crippen LogP contribution in [0.3, 0.4) is 0 Å². The minimum atomic E-state index is 0.676. The van der Waals surface area contributed by atoms with Crippen LogP contribution < -0.4 is 0 Å². The monoisotopic (exact) mass is 486 g/mol. The minimum Gasteiger partial charge on any atom is -0.228 e. The van der Waals surface area contributed by atoms with Crippen LogP contribution in [0.25, 0.3) is 67.1 Å². The van der Waals surface area contributed by atoms with Gasteiger partial charge in [0.05, 0.1) is 27.8 Å². The topological polar surface area (TPSA) is 51.6 Å². The van der Waals surface area contributed by atoms with Gasteiger partial charge in [0, 0.05) is 27.6 Å². The standard InChI is InChI=1S/C34H22N4/c1-5-13-23(14-6-1)30-27-21-22-28-29(32(27)38-34(36-30)26-19-11-4-12-20-26)31(24-15-7-2-8-16-24)37-33(35-28)25-17-9-3-10-18-25/h1-22H. The fraction of sp³-hybridized carbons (Fsp3) is 0. The molecule has 7 aromatic rings. The SMILES string of the molecule is c1ccc(-c2nc(-c3ccccc3)c3c(ccc4c(-c5ccccc5)nc(-c5ccccc5)nc43)n2)cc1. The molecule has 0 aliphatic heterocycles. The number of aromatic nitrogens is 4. The van der Waals surface area contributed by atoms with Gasteiger partial charge in [-0.3, -0.25) is 0 Å². The second-order valence-electron chi connectivity index (χ2n) is 9.11. The number of hydrogen-bond donors (Lipinski definition) is 0. The zero-order valence-electron chi connectivity index (χ0n) is 20.5. The first-order valence-electron chi connectivity index (χ1n) is 12.6. The quantitative estimate of drug-likeness (QED) is 0.235. The molecule has 0 fully saturated rings. The molecule has 5 aromatic carbocycles. The van der Waals surface area contributed by atoms with E-state index in [1.165, 1.54) is 0 Å².